The summed E-state index contributed by atoms with van der Waals surface area (Å²) in [5.41, 5.74) is 3.09. The van der Waals surface area contributed by atoms with Gasteiger partial charge in [-0.1, -0.05) is 12.1 Å². The Morgan fingerprint density at radius 2 is 1.83 bits per heavy atom. The van der Waals surface area contributed by atoms with E-state index in [1.165, 1.54) is 13.2 Å². The Balaban J connectivity index is 2.52. The van der Waals surface area contributed by atoms with Crippen LogP contribution < -0.4 is 14.4 Å². The van der Waals surface area contributed by atoms with Crippen molar-refractivity contribution in [1.29, 1.82) is 0 Å². The number of sulfonamides is 1. The number of carbonyl (C=O) groups is 1. The van der Waals surface area contributed by atoms with Gasteiger partial charge in [-0.05, 0) is 68.1 Å². The molecule has 0 bridgehead atoms. The third-order valence-electron chi connectivity index (χ3n) is 4.61. The molecule has 0 fully saturated rings. The molecule has 0 aliphatic rings. The van der Waals surface area contributed by atoms with Crippen LogP contribution in [0.1, 0.15) is 23.1 Å². The first-order valence-electron chi connectivity index (χ1n) is 9.33. The number of carbonyl (C=O) groups excluding carboxylic acids is 1. The first-order valence-corrected chi connectivity index (χ1v) is 10.8. The van der Waals surface area contributed by atoms with E-state index >= 15 is 0 Å². The molecule has 2 rings (SSSR count). The van der Waals surface area contributed by atoms with Gasteiger partial charge in [0.15, 0.2) is 0 Å². The average Bonchev–Trinajstić information content (AvgIpc) is 2.68. The normalized spacial score (nSPS) is 11.2. The third-order valence-corrected chi connectivity index (χ3v) is 6.40. The fraction of sp³-hybridized carbons (Fsp3) is 0.381. The van der Waals surface area contributed by atoms with E-state index in [0.717, 1.165) is 21.0 Å². The van der Waals surface area contributed by atoms with Gasteiger partial charge in [0, 0.05) is 13.2 Å². The molecule has 0 aliphatic carbocycles. The van der Waals surface area contributed by atoms with E-state index in [4.69, 9.17) is 9.84 Å². The Morgan fingerprint density at radius 1 is 1.10 bits per heavy atom. The summed E-state index contributed by atoms with van der Waals surface area (Å²) in [6, 6.07) is 10.2. The van der Waals surface area contributed by atoms with Crippen molar-refractivity contribution in [2.75, 3.05) is 31.1 Å². The number of benzene rings is 2. The number of methoxy groups -OCH3 is 1. The van der Waals surface area contributed by atoms with Gasteiger partial charge in [0.25, 0.3) is 10.0 Å². The van der Waals surface area contributed by atoms with Crippen molar-refractivity contribution in [3.05, 3.63) is 53.1 Å². The molecule has 2 N–H and O–H groups in total. The fourth-order valence-corrected chi connectivity index (χ4v) is 4.45. The highest BCUT2D eigenvalue weighted by molar-refractivity contribution is 7.93. The zero-order chi connectivity index (χ0) is 21.6. The minimum absolute atomic E-state index is 0.00128. The van der Waals surface area contributed by atoms with Crippen molar-refractivity contribution < 1.29 is 23.1 Å². The Morgan fingerprint density at radius 3 is 2.45 bits per heavy atom. The smallest absolute Gasteiger partial charge is 0.268 e. The Labute approximate surface area is 172 Å². The quantitative estimate of drug-likeness (QED) is 0.607. The Kier molecular flexibility index (Phi) is 7.64. The van der Waals surface area contributed by atoms with Crippen LogP contribution in [-0.4, -0.2) is 46.2 Å². The lowest BCUT2D eigenvalue weighted by molar-refractivity contribution is -0.119. The number of ether oxygens (including phenoxy) is 1. The number of amides is 1. The molecule has 0 spiro atoms. The van der Waals surface area contributed by atoms with E-state index in [1.54, 1.807) is 31.2 Å². The predicted molar refractivity (Wildman–Crippen MR) is 113 cm³/mol. The SMILES string of the molecule is COc1ccc(C)cc1S(=O)(=O)N(CC(=O)NCCCO)c1ccc(C)c(C)c1. The number of nitrogens with zero attached hydrogens (tertiary/aromatic N) is 1. The highest BCUT2D eigenvalue weighted by Crippen LogP contribution is 2.31. The second kappa shape index (κ2) is 9.76. The first-order chi connectivity index (χ1) is 13.7. The van der Waals surface area contributed by atoms with Gasteiger partial charge < -0.3 is 15.2 Å². The summed E-state index contributed by atoms with van der Waals surface area (Å²) in [6.07, 6.45) is 0.397. The summed E-state index contributed by atoms with van der Waals surface area (Å²) in [7, 11) is -2.67. The summed E-state index contributed by atoms with van der Waals surface area (Å²) in [4.78, 5) is 12.4. The molecule has 2 aromatic carbocycles. The van der Waals surface area contributed by atoms with Crippen LogP contribution in [0.4, 0.5) is 5.69 Å². The lowest BCUT2D eigenvalue weighted by Crippen LogP contribution is -2.41. The van der Waals surface area contributed by atoms with Gasteiger partial charge in [-0.15, -0.1) is 0 Å². The monoisotopic (exact) mass is 420 g/mol. The summed E-state index contributed by atoms with van der Waals surface area (Å²) >= 11 is 0. The number of anilines is 1. The second-order valence-electron chi connectivity index (χ2n) is 6.86. The summed E-state index contributed by atoms with van der Waals surface area (Å²) < 4.78 is 33.5. The van der Waals surface area contributed by atoms with Crippen LogP contribution in [0.3, 0.4) is 0 Å². The molecule has 0 atom stereocenters. The van der Waals surface area contributed by atoms with Gasteiger partial charge in [0.05, 0.1) is 12.8 Å². The third kappa shape index (κ3) is 5.48. The highest BCUT2D eigenvalue weighted by Gasteiger charge is 2.30. The maximum Gasteiger partial charge on any atom is 0.268 e. The number of rotatable bonds is 9. The van der Waals surface area contributed by atoms with Gasteiger partial charge >= 0.3 is 0 Å². The fourth-order valence-electron chi connectivity index (χ4n) is 2.79. The molecule has 8 heteroatoms. The molecule has 29 heavy (non-hydrogen) atoms. The molecule has 0 radical (unpaired) electrons. The van der Waals surface area contributed by atoms with E-state index < -0.39 is 15.9 Å². The minimum Gasteiger partial charge on any atom is -0.495 e. The van der Waals surface area contributed by atoms with Crippen LogP contribution in [-0.2, 0) is 14.8 Å². The maximum absolute atomic E-state index is 13.6. The molecule has 0 saturated carbocycles. The van der Waals surface area contributed by atoms with Crippen molar-refractivity contribution in [2.24, 2.45) is 0 Å². The second-order valence-corrected chi connectivity index (χ2v) is 8.69. The lowest BCUT2D eigenvalue weighted by atomic mass is 10.1. The van der Waals surface area contributed by atoms with Crippen molar-refractivity contribution in [3.8, 4) is 5.75 Å². The van der Waals surface area contributed by atoms with Crippen LogP contribution in [0.25, 0.3) is 0 Å². The number of aliphatic hydroxyl groups is 1. The molecule has 0 heterocycles. The van der Waals surface area contributed by atoms with Crippen LogP contribution in [0, 0.1) is 20.8 Å². The van der Waals surface area contributed by atoms with Crippen LogP contribution in [0.2, 0.25) is 0 Å². The molecular formula is C21H28N2O5S. The lowest BCUT2D eigenvalue weighted by Gasteiger charge is -2.25. The van der Waals surface area contributed by atoms with E-state index in [2.05, 4.69) is 5.32 Å². The van der Waals surface area contributed by atoms with Crippen molar-refractivity contribution >= 4 is 21.6 Å². The molecular weight excluding hydrogens is 392 g/mol. The van der Waals surface area contributed by atoms with Gasteiger partial charge in [-0.2, -0.15) is 0 Å². The van der Waals surface area contributed by atoms with E-state index in [0.29, 0.717) is 12.1 Å². The van der Waals surface area contributed by atoms with Gasteiger partial charge in [0.1, 0.15) is 17.2 Å². The molecule has 0 aliphatic heterocycles. The van der Waals surface area contributed by atoms with Gasteiger partial charge in [0.2, 0.25) is 5.91 Å². The van der Waals surface area contributed by atoms with Crippen LogP contribution in [0.5, 0.6) is 5.75 Å². The molecule has 2 aromatic rings. The number of aryl methyl sites for hydroxylation is 3. The standard InChI is InChI=1S/C21H28N2O5S/c1-15-6-9-19(28-4)20(12-15)29(26,27)23(14-21(25)22-10-5-11-24)18-8-7-16(2)17(3)13-18/h6-9,12-13,24H,5,10-11,14H2,1-4H3,(H,22,25). The predicted octanol–water partition coefficient (Wildman–Crippen LogP) is 2.31. The largest absolute Gasteiger partial charge is 0.495 e. The Bertz CT molecular complexity index is 973. The van der Waals surface area contributed by atoms with Crippen LogP contribution >= 0.6 is 0 Å². The van der Waals surface area contributed by atoms with Crippen molar-refractivity contribution in [2.45, 2.75) is 32.1 Å². The van der Waals surface area contributed by atoms with E-state index in [1.807, 2.05) is 19.9 Å². The van der Waals surface area contributed by atoms with E-state index in [-0.39, 0.29) is 30.3 Å². The molecule has 1 amide bonds. The Hall–Kier alpha value is -2.58. The zero-order valence-corrected chi connectivity index (χ0v) is 18.0. The first kappa shape index (κ1) is 22.7. The van der Waals surface area contributed by atoms with E-state index in [9.17, 15) is 13.2 Å². The number of hydrogen-bond donors (Lipinski definition) is 2. The van der Waals surface area contributed by atoms with Gasteiger partial charge in [-0.3, -0.25) is 9.10 Å². The summed E-state index contributed by atoms with van der Waals surface area (Å²) in [5.74, 6) is -0.239. The molecule has 0 saturated heterocycles. The number of hydrogen-bond acceptors (Lipinski definition) is 5. The molecule has 0 unspecified atom stereocenters. The topological polar surface area (TPSA) is 95.9 Å². The summed E-state index contributed by atoms with van der Waals surface area (Å²) in [5, 5.41) is 11.5. The number of nitrogens with one attached hydrogen (secondary N) is 1. The number of aliphatic hydroxyl groups excluding tert-OH is 1. The minimum atomic E-state index is -4.08. The van der Waals surface area contributed by atoms with Crippen molar-refractivity contribution in [1.82, 2.24) is 5.32 Å². The molecule has 0 aromatic heterocycles. The highest BCUT2D eigenvalue weighted by atomic mass is 32.2. The van der Waals surface area contributed by atoms with Crippen LogP contribution in [0.15, 0.2) is 41.3 Å². The maximum atomic E-state index is 13.6. The average molecular weight is 421 g/mol. The summed E-state index contributed by atoms with van der Waals surface area (Å²) in [6.45, 7) is 5.44. The van der Waals surface area contributed by atoms with Crippen molar-refractivity contribution in [3.63, 3.8) is 0 Å². The van der Waals surface area contributed by atoms with Gasteiger partial charge in [-0.25, -0.2) is 8.42 Å². The molecule has 158 valence electrons. The zero-order valence-electron chi connectivity index (χ0n) is 17.2. The molecule has 7 nitrogen and oxygen atoms in total.